The van der Waals surface area contributed by atoms with Crippen molar-refractivity contribution in [2.24, 2.45) is 0 Å². The van der Waals surface area contributed by atoms with E-state index in [1.807, 2.05) is 0 Å². The van der Waals surface area contributed by atoms with E-state index >= 15 is 0 Å². The first-order valence-electron chi connectivity index (χ1n) is 8.36. The number of nitrogens with zero attached hydrogens (tertiary/aromatic N) is 2. The molecule has 0 fully saturated rings. The monoisotopic (exact) mass is 399 g/mol. The van der Waals surface area contributed by atoms with Gasteiger partial charge in [0.2, 0.25) is 0 Å². The Morgan fingerprint density at radius 3 is 2.76 bits per heavy atom. The summed E-state index contributed by atoms with van der Waals surface area (Å²) in [6.45, 7) is 0.0130. The number of nitrogens with one attached hydrogen (secondary N) is 2. The summed E-state index contributed by atoms with van der Waals surface area (Å²) >= 11 is 0. The van der Waals surface area contributed by atoms with Gasteiger partial charge < -0.3 is 21.1 Å². The van der Waals surface area contributed by atoms with E-state index in [1.54, 1.807) is 30.3 Å². The number of hydrogen-bond donors (Lipinski definition) is 4. The van der Waals surface area contributed by atoms with Crippen LogP contribution in [-0.4, -0.2) is 39.0 Å². The lowest BCUT2D eigenvalue weighted by Gasteiger charge is -2.08. The zero-order valence-corrected chi connectivity index (χ0v) is 15.1. The molecule has 1 aromatic carbocycles. The Kier molecular flexibility index (Phi) is 7.54. The molecule has 0 aliphatic rings. The lowest BCUT2D eigenvalue weighted by Crippen LogP contribution is -2.27. The smallest absolute Gasteiger partial charge is 0.290 e. The van der Waals surface area contributed by atoms with Gasteiger partial charge in [-0.1, -0.05) is 12.1 Å². The number of halogens is 1. The van der Waals surface area contributed by atoms with Crippen LogP contribution in [0.5, 0.6) is 0 Å². The molecule has 2 heterocycles. The Morgan fingerprint density at radius 1 is 1.31 bits per heavy atom. The molecule has 9 nitrogen and oxygen atoms in total. The molecule has 0 unspecified atom stereocenters. The number of amides is 1. The number of carbonyl (C=O) groups excluding carboxylic acids is 1. The van der Waals surface area contributed by atoms with Crippen LogP contribution >= 0.6 is 0 Å². The SMILES string of the molecule is Nc1cc(=O)[nH]c(CCNC(=O)c2cccc(-c3ccncc3F)c2)n1.O=CO. The molecule has 2 aromatic heterocycles. The van der Waals surface area contributed by atoms with E-state index < -0.39 is 5.82 Å². The molecule has 0 bridgehead atoms. The number of rotatable bonds is 5. The van der Waals surface area contributed by atoms with Crippen molar-refractivity contribution in [1.29, 1.82) is 0 Å². The van der Waals surface area contributed by atoms with Gasteiger partial charge in [0.1, 0.15) is 17.5 Å². The van der Waals surface area contributed by atoms with Gasteiger partial charge in [0.25, 0.3) is 17.9 Å². The second-order valence-corrected chi connectivity index (χ2v) is 5.66. The van der Waals surface area contributed by atoms with Crippen LogP contribution in [0.3, 0.4) is 0 Å². The van der Waals surface area contributed by atoms with Gasteiger partial charge in [-0.25, -0.2) is 9.37 Å². The van der Waals surface area contributed by atoms with Crippen molar-refractivity contribution in [3.8, 4) is 11.1 Å². The molecule has 29 heavy (non-hydrogen) atoms. The first-order valence-corrected chi connectivity index (χ1v) is 8.36. The lowest BCUT2D eigenvalue weighted by molar-refractivity contribution is -0.122. The minimum absolute atomic E-state index is 0.127. The third-order valence-corrected chi connectivity index (χ3v) is 3.67. The molecule has 0 aliphatic heterocycles. The molecule has 150 valence electrons. The maximum atomic E-state index is 13.9. The van der Waals surface area contributed by atoms with Crippen LogP contribution in [0.15, 0.2) is 53.6 Å². The van der Waals surface area contributed by atoms with Gasteiger partial charge in [0.15, 0.2) is 0 Å². The van der Waals surface area contributed by atoms with Crippen molar-refractivity contribution in [2.75, 3.05) is 12.3 Å². The van der Waals surface area contributed by atoms with Crippen LogP contribution < -0.4 is 16.6 Å². The normalized spacial score (nSPS) is 9.83. The second-order valence-electron chi connectivity index (χ2n) is 5.66. The molecule has 0 radical (unpaired) electrons. The summed E-state index contributed by atoms with van der Waals surface area (Å²) in [4.78, 5) is 42.3. The summed E-state index contributed by atoms with van der Waals surface area (Å²) in [7, 11) is 0. The number of nitrogen functional groups attached to an aromatic ring is 1. The number of aromatic nitrogens is 3. The van der Waals surface area contributed by atoms with E-state index in [1.165, 1.54) is 12.3 Å². The quantitative estimate of drug-likeness (QED) is 0.471. The van der Waals surface area contributed by atoms with E-state index in [2.05, 4.69) is 20.3 Å². The molecule has 10 heteroatoms. The molecule has 0 atom stereocenters. The van der Waals surface area contributed by atoms with Crippen LogP contribution in [0, 0.1) is 5.82 Å². The number of nitrogens with two attached hydrogens (primary N) is 1. The Morgan fingerprint density at radius 2 is 2.07 bits per heavy atom. The number of hydrogen-bond acceptors (Lipinski definition) is 6. The van der Waals surface area contributed by atoms with Crippen LogP contribution in [0.2, 0.25) is 0 Å². The summed E-state index contributed by atoms with van der Waals surface area (Å²) in [6.07, 6.45) is 2.94. The Hall–Kier alpha value is -4.08. The van der Waals surface area contributed by atoms with E-state index in [-0.39, 0.29) is 30.3 Å². The molecule has 3 rings (SSSR count). The highest BCUT2D eigenvalue weighted by Crippen LogP contribution is 2.22. The zero-order valence-electron chi connectivity index (χ0n) is 15.1. The Balaban J connectivity index is 0.000000941. The Bertz CT molecular complexity index is 1050. The maximum Gasteiger partial charge on any atom is 0.290 e. The number of H-pyrrole nitrogens is 1. The van der Waals surface area contributed by atoms with Crippen LogP contribution in [0.25, 0.3) is 11.1 Å². The fourth-order valence-electron chi connectivity index (χ4n) is 2.48. The van der Waals surface area contributed by atoms with Gasteiger partial charge in [0, 0.05) is 36.4 Å². The van der Waals surface area contributed by atoms with Crippen LogP contribution in [0.4, 0.5) is 10.2 Å². The first kappa shape index (κ1) is 21.2. The van der Waals surface area contributed by atoms with Crippen molar-refractivity contribution >= 4 is 18.2 Å². The molecular formula is C19H18FN5O4. The van der Waals surface area contributed by atoms with Gasteiger partial charge >= 0.3 is 0 Å². The number of carbonyl (C=O) groups is 2. The molecule has 0 saturated heterocycles. The molecule has 5 N–H and O–H groups in total. The topological polar surface area (TPSA) is 151 Å². The largest absolute Gasteiger partial charge is 0.483 e. The molecule has 0 aliphatic carbocycles. The predicted octanol–water partition coefficient (Wildman–Crippen LogP) is 1.23. The number of benzene rings is 1. The molecule has 0 spiro atoms. The highest BCUT2D eigenvalue weighted by atomic mass is 19.1. The van der Waals surface area contributed by atoms with Crippen molar-refractivity contribution in [3.63, 3.8) is 0 Å². The van der Waals surface area contributed by atoms with Gasteiger partial charge in [-0.05, 0) is 23.8 Å². The zero-order chi connectivity index (χ0) is 21.2. The van der Waals surface area contributed by atoms with Gasteiger partial charge in [-0.3, -0.25) is 19.4 Å². The van der Waals surface area contributed by atoms with E-state index in [4.69, 9.17) is 15.6 Å². The van der Waals surface area contributed by atoms with E-state index in [0.717, 1.165) is 6.20 Å². The van der Waals surface area contributed by atoms with E-state index in [9.17, 15) is 14.0 Å². The molecule has 0 saturated carbocycles. The third kappa shape index (κ3) is 6.24. The standard InChI is InChI=1S/C18H16FN5O2.CH2O2/c19-14-10-21-6-4-13(14)11-2-1-3-12(8-11)18(26)22-7-5-16-23-15(20)9-17(25)24-16;2-1-3/h1-4,6,8-10H,5,7H2,(H,22,26)(H3,20,23,24,25);1H,(H,2,3). The lowest BCUT2D eigenvalue weighted by atomic mass is 10.0. The second kappa shape index (κ2) is 10.3. The number of carboxylic acid groups (broad SMARTS) is 1. The summed E-state index contributed by atoms with van der Waals surface area (Å²) in [5.74, 6) is -0.251. The van der Waals surface area contributed by atoms with Gasteiger partial charge in [0.05, 0.1) is 6.20 Å². The summed E-state index contributed by atoms with van der Waals surface area (Å²) in [5.41, 5.74) is 6.52. The fourth-order valence-corrected chi connectivity index (χ4v) is 2.48. The average molecular weight is 399 g/mol. The van der Waals surface area contributed by atoms with Gasteiger partial charge in [-0.2, -0.15) is 0 Å². The van der Waals surface area contributed by atoms with Crippen LogP contribution in [-0.2, 0) is 11.2 Å². The highest BCUT2D eigenvalue weighted by molar-refractivity contribution is 5.95. The number of aromatic amines is 1. The molecular weight excluding hydrogens is 381 g/mol. The summed E-state index contributed by atoms with van der Waals surface area (Å²) in [5, 5.41) is 9.62. The van der Waals surface area contributed by atoms with Crippen molar-refractivity contribution < 1.29 is 19.1 Å². The number of anilines is 1. The highest BCUT2D eigenvalue weighted by Gasteiger charge is 2.10. The number of pyridine rings is 1. The minimum Gasteiger partial charge on any atom is -0.483 e. The first-order chi connectivity index (χ1) is 13.9. The van der Waals surface area contributed by atoms with Gasteiger partial charge in [-0.15, -0.1) is 0 Å². The minimum atomic E-state index is -0.457. The van der Waals surface area contributed by atoms with Crippen LogP contribution in [0.1, 0.15) is 16.2 Å². The Labute approximate surface area is 164 Å². The molecule has 3 aromatic rings. The maximum absolute atomic E-state index is 13.9. The fraction of sp³-hybridized carbons (Fsp3) is 0.105. The van der Waals surface area contributed by atoms with Crippen molar-refractivity contribution in [2.45, 2.75) is 6.42 Å². The van der Waals surface area contributed by atoms with Crippen molar-refractivity contribution in [3.05, 3.63) is 76.4 Å². The summed E-state index contributed by atoms with van der Waals surface area (Å²) in [6, 6.07) is 9.38. The average Bonchev–Trinajstić information content (AvgIpc) is 2.68. The summed E-state index contributed by atoms with van der Waals surface area (Å²) < 4.78 is 13.9. The van der Waals surface area contributed by atoms with E-state index in [0.29, 0.717) is 28.9 Å². The third-order valence-electron chi connectivity index (χ3n) is 3.67. The molecule has 1 amide bonds. The predicted molar refractivity (Wildman–Crippen MR) is 104 cm³/mol. The van der Waals surface area contributed by atoms with Crippen molar-refractivity contribution in [1.82, 2.24) is 20.3 Å².